The lowest BCUT2D eigenvalue weighted by Gasteiger charge is -2.11. The molecule has 5 aromatic carbocycles. The molecule has 46 heavy (non-hydrogen) atoms. The van der Waals surface area contributed by atoms with E-state index in [-0.39, 0.29) is 0 Å². The summed E-state index contributed by atoms with van der Waals surface area (Å²) in [6.45, 7) is 4.00. The van der Waals surface area contributed by atoms with Gasteiger partial charge in [-0.2, -0.15) is 0 Å². The second-order valence-corrected chi connectivity index (χ2v) is 11.6. The van der Waals surface area contributed by atoms with Gasteiger partial charge in [-0.15, -0.1) is 11.3 Å². The number of fused-ring (bicyclic) bond motifs is 2. The van der Waals surface area contributed by atoms with Crippen molar-refractivity contribution in [2.75, 3.05) is 11.5 Å². The molecule has 0 aliphatic heterocycles. The van der Waals surface area contributed by atoms with E-state index < -0.39 is 0 Å². The van der Waals surface area contributed by atoms with Gasteiger partial charge in [0.15, 0.2) is 17.5 Å². The largest absolute Gasteiger partial charge is 0.397 e. The zero-order chi connectivity index (χ0) is 31.6. The number of para-hydroxylation sites is 1. The van der Waals surface area contributed by atoms with Gasteiger partial charge < -0.3 is 11.5 Å². The summed E-state index contributed by atoms with van der Waals surface area (Å²) in [4.78, 5) is 15.6. The second-order valence-electron chi connectivity index (χ2n) is 10.5. The summed E-state index contributed by atoms with van der Waals surface area (Å²) in [5.41, 5.74) is 20.1. The van der Waals surface area contributed by atoms with Crippen molar-refractivity contribution in [1.29, 1.82) is 0 Å². The maximum absolute atomic E-state index is 6.97. The highest BCUT2D eigenvalue weighted by Gasteiger charge is 2.22. The maximum Gasteiger partial charge on any atom is 0.164 e. The van der Waals surface area contributed by atoms with Gasteiger partial charge in [-0.25, -0.2) is 15.0 Å². The molecule has 0 atom stereocenters. The number of nitrogens with two attached hydrogens (primary N) is 2. The average Bonchev–Trinajstić information content (AvgIpc) is 3.62. The quantitative estimate of drug-likeness (QED) is 0.201. The Morgan fingerprint density at radius 1 is 0.522 bits per heavy atom. The van der Waals surface area contributed by atoms with Crippen molar-refractivity contribution in [3.8, 4) is 50.3 Å². The lowest BCUT2D eigenvalue weighted by molar-refractivity contribution is 1.07. The topological polar surface area (TPSA) is 95.6 Å². The Bertz CT molecular complexity index is 2230. The first-order valence-corrected chi connectivity index (χ1v) is 16.1. The molecule has 0 fully saturated rings. The first kappa shape index (κ1) is 29.0. The minimum absolute atomic E-state index is 0.605. The van der Waals surface area contributed by atoms with E-state index in [0.717, 1.165) is 59.5 Å². The van der Waals surface area contributed by atoms with Gasteiger partial charge in [0, 0.05) is 43.4 Å². The van der Waals surface area contributed by atoms with E-state index in [1.54, 1.807) is 11.3 Å². The molecule has 3 aromatic heterocycles. The molecule has 3 heterocycles. The Hall–Kier alpha value is -5.79. The second kappa shape index (κ2) is 12.3. The molecule has 0 saturated carbocycles. The number of nitrogens with zero attached hydrogens (tertiary/aromatic N) is 4. The molecule has 4 N–H and O–H groups in total. The lowest BCUT2D eigenvalue weighted by atomic mass is 10.1. The molecule has 224 valence electrons. The Kier molecular flexibility index (Phi) is 7.74. The number of rotatable bonds is 5. The van der Waals surface area contributed by atoms with Crippen LogP contribution in [0.1, 0.15) is 13.8 Å². The zero-order valence-electron chi connectivity index (χ0n) is 25.6. The summed E-state index contributed by atoms with van der Waals surface area (Å²) in [5.74, 6) is 2.51. The summed E-state index contributed by atoms with van der Waals surface area (Å²) >= 11 is 1.67. The van der Waals surface area contributed by atoms with Crippen LogP contribution in [0.5, 0.6) is 0 Å². The van der Waals surface area contributed by atoms with Crippen molar-refractivity contribution >= 4 is 43.8 Å². The SMILES string of the molecule is CC.Nc1c(-c2c(N)n(-c3ccc(-c4nc(-c5ccccc5)nc(-c5ccccc5)n4)cc3)c3ccccc23)sc2ccccc12. The number of hydrogen-bond donors (Lipinski definition) is 2. The van der Waals surface area contributed by atoms with Crippen molar-refractivity contribution in [1.82, 2.24) is 19.5 Å². The molecular weight excluding hydrogens is 585 g/mol. The minimum atomic E-state index is 0.605. The smallest absolute Gasteiger partial charge is 0.164 e. The maximum atomic E-state index is 6.97. The molecule has 0 saturated heterocycles. The molecule has 8 rings (SSSR count). The number of thiophene rings is 1. The van der Waals surface area contributed by atoms with E-state index in [4.69, 9.17) is 26.4 Å². The van der Waals surface area contributed by atoms with Crippen molar-refractivity contribution in [3.05, 3.63) is 133 Å². The highest BCUT2D eigenvalue weighted by atomic mass is 32.1. The van der Waals surface area contributed by atoms with Crippen LogP contribution in [-0.4, -0.2) is 19.5 Å². The fourth-order valence-corrected chi connectivity index (χ4v) is 6.92. The lowest BCUT2D eigenvalue weighted by Crippen LogP contribution is -2.02. The zero-order valence-corrected chi connectivity index (χ0v) is 26.4. The number of aromatic nitrogens is 4. The van der Waals surface area contributed by atoms with Gasteiger partial charge in [0.2, 0.25) is 0 Å². The van der Waals surface area contributed by atoms with E-state index in [1.807, 2.05) is 111 Å². The third kappa shape index (κ3) is 5.06. The highest BCUT2D eigenvalue weighted by Crippen LogP contribution is 2.47. The van der Waals surface area contributed by atoms with Crippen molar-refractivity contribution in [2.45, 2.75) is 13.8 Å². The fourth-order valence-electron chi connectivity index (χ4n) is 5.72. The van der Waals surface area contributed by atoms with Gasteiger partial charge >= 0.3 is 0 Å². The van der Waals surface area contributed by atoms with Gasteiger partial charge in [0.05, 0.1) is 16.1 Å². The molecular formula is C39H32N6S. The normalized spacial score (nSPS) is 11.0. The Morgan fingerprint density at radius 3 is 1.57 bits per heavy atom. The number of benzene rings is 5. The standard InChI is InChI=1S/C37H26N6S.C2H6/c38-32-28-16-8-10-18-30(28)44-33(32)31-27-15-7-9-17-29(27)43(34(31)39)26-21-19-25(20-22-26)37-41-35(23-11-3-1-4-12-23)40-36(42-37)24-13-5-2-6-14-24;1-2/h1-22H,38-39H2;1-2H3. The van der Waals surface area contributed by atoms with Gasteiger partial charge in [0.1, 0.15) is 5.82 Å². The van der Waals surface area contributed by atoms with Crippen LogP contribution in [-0.2, 0) is 0 Å². The summed E-state index contributed by atoms with van der Waals surface area (Å²) < 4.78 is 3.24. The Labute approximate surface area is 271 Å². The van der Waals surface area contributed by atoms with Crippen molar-refractivity contribution in [3.63, 3.8) is 0 Å². The first-order valence-electron chi connectivity index (χ1n) is 15.3. The van der Waals surface area contributed by atoms with Crippen LogP contribution >= 0.6 is 11.3 Å². The van der Waals surface area contributed by atoms with Crippen molar-refractivity contribution < 1.29 is 0 Å². The summed E-state index contributed by atoms with van der Waals surface area (Å²) in [5, 5.41) is 2.11. The molecule has 0 radical (unpaired) electrons. The van der Waals surface area contributed by atoms with Crippen LogP contribution in [0.4, 0.5) is 11.5 Å². The Morgan fingerprint density at radius 2 is 1.00 bits per heavy atom. The fraction of sp³-hybridized carbons (Fsp3) is 0.0513. The minimum Gasteiger partial charge on any atom is -0.397 e. The van der Waals surface area contributed by atoms with Crippen LogP contribution in [0.3, 0.4) is 0 Å². The average molecular weight is 617 g/mol. The summed E-state index contributed by atoms with van der Waals surface area (Å²) in [6, 6.07) is 44.7. The van der Waals surface area contributed by atoms with Crippen LogP contribution in [0, 0.1) is 0 Å². The van der Waals surface area contributed by atoms with Gasteiger partial charge in [-0.3, -0.25) is 4.57 Å². The molecule has 0 aliphatic carbocycles. The summed E-state index contributed by atoms with van der Waals surface area (Å²) in [7, 11) is 0. The molecule has 8 aromatic rings. The van der Waals surface area contributed by atoms with Crippen molar-refractivity contribution in [2.24, 2.45) is 0 Å². The van der Waals surface area contributed by atoms with Crippen LogP contribution in [0.2, 0.25) is 0 Å². The number of anilines is 2. The predicted molar refractivity (Wildman–Crippen MR) is 194 cm³/mol. The molecule has 0 amide bonds. The molecule has 7 heteroatoms. The van der Waals surface area contributed by atoms with Gasteiger partial charge in [-0.05, 0) is 36.4 Å². The van der Waals surface area contributed by atoms with E-state index in [0.29, 0.717) is 23.3 Å². The van der Waals surface area contributed by atoms with Crippen LogP contribution in [0.25, 0.3) is 71.3 Å². The highest BCUT2D eigenvalue weighted by molar-refractivity contribution is 7.23. The third-order valence-corrected chi connectivity index (χ3v) is 9.06. The monoisotopic (exact) mass is 616 g/mol. The van der Waals surface area contributed by atoms with Gasteiger partial charge in [0.25, 0.3) is 0 Å². The molecule has 6 nitrogen and oxygen atoms in total. The Balaban J connectivity index is 0.00000166. The van der Waals surface area contributed by atoms with E-state index in [1.165, 1.54) is 0 Å². The van der Waals surface area contributed by atoms with E-state index in [9.17, 15) is 0 Å². The molecule has 0 bridgehead atoms. The van der Waals surface area contributed by atoms with Crippen LogP contribution < -0.4 is 11.5 Å². The molecule has 0 spiro atoms. The summed E-state index contributed by atoms with van der Waals surface area (Å²) in [6.07, 6.45) is 0. The number of hydrogen-bond acceptors (Lipinski definition) is 6. The van der Waals surface area contributed by atoms with E-state index in [2.05, 4.69) is 41.0 Å². The van der Waals surface area contributed by atoms with Crippen LogP contribution in [0.15, 0.2) is 133 Å². The number of nitrogen functional groups attached to an aromatic ring is 2. The first-order chi connectivity index (χ1) is 22.7. The third-order valence-electron chi connectivity index (χ3n) is 7.86. The van der Waals surface area contributed by atoms with E-state index >= 15 is 0 Å². The molecule has 0 unspecified atom stereocenters. The predicted octanol–water partition coefficient (Wildman–Crippen LogP) is 9.89. The molecule has 0 aliphatic rings. The van der Waals surface area contributed by atoms with Gasteiger partial charge in [-0.1, -0.05) is 111 Å².